The second-order valence-corrected chi connectivity index (χ2v) is 4.62. The number of hydrogen-bond donors (Lipinski definition) is 0. The molecule has 0 saturated carbocycles. The summed E-state index contributed by atoms with van der Waals surface area (Å²) in [6, 6.07) is 5.69. The van der Waals surface area contributed by atoms with Crippen LogP contribution in [0.25, 0.3) is 0 Å². The van der Waals surface area contributed by atoms with Crippen molar-refractivity contribution in [2.45, 2.75) is 6.18 Å². The Bertz CT molecular complexity index is 598. The Morgan fingerprint density at radius 3 is 2.65 bits per heavy atom. The van der Waals surface area contributed by atoms with Gasteiger partial charge in [-0.3, -0.25) is 9.69 Å². The monoisotopic (exact) mass is 348 g/mol. The van der Waals surface area contributed by atoms with Gasteiger partial charge in [0, 0.05) is 12.3 Å². The molecule has 0 aromatic carbocycles. The van der Waals surface area contributed by atoms with E-state index in [1.54, 1.807) is 6.07 Å². The van der Waals surface area contributed by atoms with Gasteiger partial charge in [0.05, 0.1) is 5.56 Å². The van der Waals surface area contributed by atoms with E-state index < -0.39 is 18.6 Å². The van der Waals surface area contributed by atoms with Crippen LogP contribution in [-0.2, 0) is 0 Å². The molecule has 2 heterocycles. The first-order valence-corrected chi connectivity index (χ1v) is 6.20. The molecule has 0 fully saturated rings. The SMILES string of the molecule is O=C(c1coc(Br)c1)N(CC(F)(F)F)c1ccccn1. The second kappa shape index (κ2) is 5.66. The highest BCUT2D eigenvalue weighted by Gasteiger charge is 2.35. The number of amides is 1. The lowest BCUT2D eigenvalue weighted by Gasteiger charge is -2.22. The zero-order valence-corrected chi connectivity index (χ0v) is 11.5. The lowest BCUT2D eigenvalue weighted by molar-refractivity contribution is -0.118. The van der Waals surface area contributed by atoms with E-state index in [0.29, 0.717) is 4.90 Å². The van der Waals surface area contributed by atoms with E-state index >= 15 is 0 Å². The summed E-state index contributed by atoms with van der Waals surface area (Å²) in [6.45, 7) is -1.42. The van der Waals surface area contributed by atoms with Gasteiger partial charge < -0.3 is 4.42 Å². The molecule has 2 rings (SSSR count). The fourth-order valence-corrected chi connectivity index (χ4v) is 1.87. The van der Waals surface area contributed by atoms with Crippen molar-refractivity contribution in [2.75, 3.05) is 11.4 Å². The molecule has 4 nitrogen and oxygen atoms in total. The molecule has 106 valence electrons. The molecule has 0 aliphatic carbocycles. The third kappa shape index (κ3) is 3.60. The van der Waals surface area contributed by atoms with Crippen molar-refractivity contribution in [3.8, 4) is 0 Å². The Labute approximate surface area is 120 Å². The third-order valence-electron chi connectivity index (χ3n) is 2.32. The molecule has 2 aromatic rings. The van der Waals surface area contributed by atoms with E-state index in [4.69, 9.17) is 4.42 Å². The van der Waals surface area contributed by atoms with Crippen LogP contribution in [0.2, 0.25) is 0 Å². The van der Waals surface area contributed by atoms with Gasteiger partial charge >= 0.3 is 6.18 Å². The van der Waals surface area contributed by atoms with Gasteiger partial charge in [-0.2, -0.15) is 13.2 Å². The van der Waals surface area contributed by atoms with Crippen molar-refractivity contribution in [3.63, 3.8) is 0 Å². The molecule has 8 heteroatoms. The van der Waals surface area contributed by atoms with Crippen molar-refractivity contribution >= 4 is 27.7 Å². The van der Waals surface area contributed by atoms with Crippen LogP contribution in [-0.4, -0.2) is 23.6 Å². The number of carbonyl (C=O) groups is 1. The minimum atomic E-state index is -4.53. The van der Waals surface area contributed by atoms with Gasteiger partial charge in [0.15, 0.2) is 4.67 Å². The number of halogens is 4. The molecule has 0 spiro atoms. The lowest BCUT2D eigenvalue weighted by Crippen LogP contribution is -2.39. The zero-order valence-electron chi connectivity index (χ0n) is 9.89. The standard InChI is InChI=1S/C12H8BrF3N2O2/c13-9-5-8(6-20-9)11(19)18(7-12(14,15)16)10-3-1-2-4-17-10/h1-6H,7H2. The van der Waals surface area contributed by atoms with Crippen LogP contribution in [0, 0.1) is 0 Å². The molecule has 0 radical (unpaired) electrons. The summed E-state index contributed by atoms with van der Waals surface area (Å²) >= 11 is 2.99. The average molecular weight is 349 g/mol. The zero-order chi connectivity index (χ0) is 14.8. The normalized spacial score (nSPS) is 11.4. The van der Waals surface area contributed by atoms with Crippen LogP contribution in [0.5, 0.6) is 0 Å². The maximum absolute atomic E-state index is 12.6. The van der Waals surface area contributed by atoms with E-state index in [1.165, 1.54) is 24.4 Å². The maximum Gasteiger partial charge on any atom is 0.406 e. The highest BCUT2D eigenvalue weighted by Crippen LogP contribution is 2.24. The summed E-state index contributed by atoms with van der Waals surface area (Å²) in [7, 11) is 0. The summed E-state index contributed by atoms with van der Waals surface area (Å²) in [5.41, 5.74) is 0.00628. The van der Waals surface area contributed by atoms with Crippen molar-refractivity contribution in [3.05, 3.63) is 47.0 Å². The summed E-state index contributed by atoms with van der Waals surface area (Å²) in [4.78, 5) is 16.5. The van der Waals surface area contributed by atoms with Gasteiger partial charge in [0.25, 0.3) is 5.91 Å². The topological polar surface area (TPSA) is 46.3 Å². The van der Waals surface area contributed by atoms with Crippen LogP contribution < -0.4 is 4.90 Å². The molecular formula is C12H8BrF3N2O2. The Morgan fingerprint density at radius 1 is 1.40 bits per heavy atom. The number of pyridine rings is 1. The Balaban J connectivity index is 2.34. The molecule has 20 heavy (non-hydrogen) atoms. The number of rotatable bonds is 3. The van der Waals surface area contributed by atoms with Crippen LogP contribution in [0.1, 0.15) is 10.4 Å². The summed E-state index contributed by atoms with van der Waals surface area (Å²) in [5.74, 6) is -0.914. The predicted octanol–water partition coefficient (Wildman–Crippen LogP) is 3.65. The first kappa shape index (κ1) is 14.6. The number of carbonyl (C=O) groups excluding carboxylic acids is 1. The second-order valence-electron chi connectivity index (χ2n) is 3.83. The number of aromatic nitrogens is 1. The fraction of sp³-hybridized carbons (Fsp3) is 0.167. The number of alkyl halides is 3. The average Bonchev–Trinajstić information content (AvgIpc) is 2.82. The van der Waals surface area contributed by atoms with Crippen molar-refractivity contribution in [2.24, 2.45) is 0 Å². The molecule has 0 aliphatic rings. The number of nitrogens with zero attached hydrogens (tertiary/aromatic N) is 2. The fourth-order valence-electron chi connectivity index (χ4n) is 1.53. The van der Waals surface area contributed by atoms with Crippen molar-refractivity contribution in [1.82, 2.24) is 4.98 Å². The summed E-state index contributed by atoms with van der Waals surface area (Å²) < 4.78 is 43.0. The molecule has 0 unspecified atom stereocenters. The molecule has 0 aliphatic heterocycles. The quantitative estimate of drug-likeness (QED) is 0.850. The lowest BCUT2D eigenvalue weighted by atomic mass is 10.2. The van der Waals surface area contributed by atoms with Gasteiger partial charge in [0.2, 0.25) is 0 Å². The van der Waals surface area contributed by atoms with E-state index in [9.17, 15) is 18.0 Å². The number of furan rings is 1. The maximum atomic E-state index is 12.6. The smallest absolute Gasteiger partial charge is 0.406 e. The van der Waals surface area contributed by atoms with E-state index in [0.717, 1.165) is 6.26 Å². The first-order chi connectivity index (χ1) is 9.37. The van der Waals surface area contributed by atoms with Gasteiger partial charge in [-0.1, -0.05) is 6.07 Å². The highest BCUT2D eigenvalue weighted by molar-refractivity contribution is 9.10. The van der Waals surface area contributed by atoms with Crippen LogP contribution in [0.15, 0.2) is 45.8 Å². The van der Waals surface area contributed by atoms with E-state index in [-0.39, 0.29) is 16.1 Å². The van der Waals surface area contributed by atoms with Gasteiger partial charge in [-0.25, -0.2) is 4.98 Å². The molecule has 0 saturated heterocycles. The Hall–Kier alpha value is -1.83. The van der Waals surface area contributed by atoms with Crippen LogP contribution >= 0.6 is 15.9 Å². The van der Waals surface area contributed by atoms with Gasteiger partial charge in [-0.15, -0.1) is 0 Å². The molecule has 0 atom stereocenters. The van der Waals surface area contributed by atoms with Gasteiger partial charge in [0.1, 0.15) is 18.6 Å². The van der Waals surface area contributed by atoms with Crippen LogP contribution in [0.4, 0.5) is 19.0 Å². The summed E-state index contributed by atoms with van der Waals surface area (Å²) in [6.07, 6.45) is -2.13. The van der Waals surface area contributed by atoms with E-state index in [2.05, 4.69) is 20.9 Å². The Morgan fingerprint density at radius 2 is 2.15 bits per heavy atom. The third-order valence-corrected chi connectivity index (χ3v) is 2.74. The molecule has 0 N–H and O–H groups in total. The number of hydrogen-bond acceptors (Lipinski definition) is 3. The predicted molar refractivity (Wildman–Crippen MR) is 68.4 cm³/mol. The van der Waals surface area contributed by atoms with Gasteiger partial charge in [-0.05, 0) is 28.1 Å². The first-order valence-electron chi connectivity index (χ1n) is 5.40. The minimum absolute atomic E-state index is 0.00628. The summed E-state index contributed by atoms with van der Waals surface area (Å²) in [5, 5.41) is 0. The molecular weight excluding hydrogens is 341 g/mol. The van der Waals surface area contributed by atoms with Crippen molar-refractivity contribution in [1.29, 1.82) is 0 Å². The number of anilines is 1. The van der Waals surface area contributed by atoms with Crippen LogP contribution in [0.3, 0.4) is 0 Å². The highest BCUT2D eigenvalue weighted by atomic mass is 79.9. The largest absolute Gasteiger partial charge is 0.457 e. The van der Waals surface area contributed by atoms with Crippen molar-refractivity contribution < 1.29 is 22.4 Å². The molecule has 1 amide bonds. The Kier molecular flexibility index (Phi) is 4.12. The molecule has 2 aromatic heterocycles. The minimum Gasteiger partial charge on any atom is -0.457 e. The molecule has 0 bridgehead atoms. The van der Waals surface area contributed by atoms with E-state index in [1.807, 2.05) is 0 Å².